The standard InChI is InChI=1S/3C2H5NO2.Cr/c3*3-1-2(4)5;/h3*1,3H2,(H,4,5);. The minimum atomic E-state index is -0.968. The number of rotatable bonds is 3. The summed E-state index contributed by atoms with van der Waals surface area (Å²) in [6.07, 6.45) is 0. The normalized spacial score (nSPS) is 6.94. The summed E-state index contributed by atoms with van der Waals surface area (Å²) in [4.78, 5) is 27.7. The number of nitrogens with two attached hydrogens (primary N) is 3. The SMILES string of the molecule is NCC(=O)O.NCC(=O)O.NCC(=O)O.[Cr]. The molecular formula is C6H15CrN3O6. The molecule has 0 heterocycles. The molecule has 0 unspecified atom stereocenters. The number of hydrogen-bond acceptors (Lipinski definition) is 6. The molecule has 0 fully saturated rings. The first-order chi connectivity index (χ1) is 6.81. The molecule has 0 aliphatic rings. The molecule has 0 aromatic rings. The molecule has 9 N–H and O–H groups in total. The predicted octanol–water partition coefficient (Wildman–Crippen LogP) is -2.91. The van der Waals surface area contributed by atoms with Gasteiger partial charge in [0, 0.05) is 17.4 Å². The minimum Gasteiger partial charge on any atom is -0.480 e. The molecule has 0 atom stereocenters. The van der Waals surface area contributed by atoms with E-state index in [-0.39, 0.29) is 37.0 Å². The van der Waals surface area contributed by atoms with Crippen LogP contribution in [0.5, 0.6) is 0 Å². The summed E-state index contributed by atoms with van der Waals surface area (Å²) in [5.74, 6) is -2.90. The van der Waals surface area contributed by atoms with Crippen LogP contribution in [0.3, 0.4) is 0 Å². The Morgan fingerprint density at radius 3 is 0.750 bits per heavy atom. The monoisotopic (exact) mass is 277 g/mol. The van der Waals surface area contributed by atoms with E-state index in [1.165, 1.54) is 0 Å². The van der Waals surface area contributed by atoms with Gasteiger partial charge < -0.3 is 32.5 Å². The van der Waals surface area contributed by atoms with Crippen molar-refractivity contribution < 1.29 is 47.1 Å². The van der Waals surface area contributed by atoms with Crippen LogP contribution in [0.15, 0.2) is 0 Å². The number of carboxylic acids is 3. The summed E-state index contributed by atoms with van der Waals surface area (Å²) in [6, 6.07) is 0. The summed E-state index contributed by atoms with van der Waals surface area (Å²) >= 11 is 0. The topological polar surface area (TPSA) is 190 Å². The van der Waals surface area contributed by atoms with Crippen LogP contribution in [0.1, 0.15) is 0 Å². The zero-order valence-corrected chi connectivity index (χ0v) is 9.60. The van der Waals surface area contributed by atoms with Gasteiger partial charge in [0.25, 0.3) is 0 Å². The molecule has 0 amide bonds. The third-order valence-electron chi connectivity index (χ3n) is 0.524. The molecule has 16 heavy (non-hydrogen) atoms. The Morgan fingerprint density at radius 2 is 0.750 bits per heavy atom. The molecule has 0 radical (unpaired) electrons. The van der Waals surface area contributed by atoms with Crippen LogP contribution < -0.4 is 17.2 Å². The van der Waals surface area contributed by atoms with Crippen molar-refractivity contribution >= 4 is 17.9 Å². The Kier molecular flexibility index (Phi) is 29.3. The fourth-order valence-corrected chi connectivity index (χ4v) is 0. The first kappa shape index (κ1) is 24.2. The van der Waals surface area contributed by atoms with Gasteiger partial charge in [-0.15, -0.1) is 0 Å². The van der Waals surface area contributed by atoms with Gasteiger partial charge in [-0.3, -0.25) is 14.4 Å². The summed E-state index contributed by atoms with van der Waals surface area (Å²) in [6.45, 7) is -0.833. The third-order valence-corrected chi connectivity index (χ3v) is 0.524. The molecule has 0 rings (SSSR count). The Hall–Kier alpha value is -1.18. The molecule has 0 aromatic heterocycles. The van der Waals surface area contributed by atoms with Crippen molar-refractivity contribution in [3.8, 4) is 0 Å². The van der Waals surface area contributed by atoms with Gasteiger partial charge in [-0.05, 0) is 0 Å². The van der Waals surface area contributed by atoms with Crippen molar-refractivity contribution in [1.29, 1.82) is 0 Å². The number of hydrogen-bond donors (Lipinski definition) is 6. The molecule has 9 nitrogen and oxygen atoms in total. The van der Waals surface area contributed by atoms with E-state index < -0.39 is 17.9 Å². The van der Waals surface area contributed by atoms with Crippen LogP contribution >= 0.6 is 0 Å². The number of carbonyl (C=O) groups is 3. The van der Waals surface area contributed by atoms with Crippen LogP contribution in [0.25, 0.3) is 0 Å². The Bertz CT molecular complexity index is 167. The van der Waals surface area contributed by atoms with E-state index in [4.69, 9.17) is 15.3 Å². The van der Waals surface area contributed by atoms with Crippen LogP contribution in [-0.2, 0) is 31.7 Å². The molecule has 0 saturated carbocycles. The summed E-state index contributed by atoms with van der Waals surface area (Å²) in [7, 11) is 0. The van der Waals surface area contributed by atoms with Gasteiger partial charge in [0.1, 0.15) is 0 Å². The van der Waals surface area contributed by atoms with Crippen LogP contribution in [-0.4, -0.2) is 52.9 Å². The second kappa shape index (κ2) is 19.4. The Labute approximate surface area is 102 Å². The maximum absolute atomic E-state index is 9.24. The zero-order chi connectivity index (χ0) is 12.9. The van der Waals surface area contributed by atoms with Crippen LogP contribution in [0.4, 0.5) is 0 Å². The molecule has 0 aliphatic heterocycles. The van der Waals surface area contributed by atoms with Crippen molar-refractivity contribution in [2.24, 2.45) is 17.2 Å². The summed E-state index contributed by atoms with van der Waals surface area (Å²) in [5, 5.41) is 22.8. The van der Waals surface area contributed by atoms with Crippen molar-refractivity contribution in [2.75, 3.05) is 19.6 Å². The molecule has 96 valence electrons. The Morgan fingerprint density at radius 1 is 0.688 bits per heavy atom. The predicted molar refractivity (Wildman–Crippen MR) is 50.1 cm³/mol. The summed E-state index contributed by atoms with van der Waals surface area (Å²) in [5.41, 5.74) is 13.7. The van der Waals surface area contributed by atoms with Gasteiger partial charge in [-0.2, -0.15) is 0 Å². The largest absolute Gasteiger partial charge is 0.480 e. The maximum atomic E-state index is 9.24. The van der Waals surface area contributed by atoms with Gasteiger partial charge in [0.05, 0.1) is 19.6 Å². The summed E-state index contributed by atoms with van der Waals surface area (Å²) < 4.78 is 0. The van der Waals surface area contributed by atoms with E-state index in [0.29, 0.717) is 0 Å². The van der Waals surface area contributed by atoms with Gasteiger partial charge in [0.2, 0.25) is 0 Å². The van der Waals surface area contributed by atoms with Crippen LogP contribution in [0.2, 0.25) is 0 Å². The quantitative estimate of drug-likeness (QED) is 0.314. The van der Waals surface area contributed by atoms with E-state index >= 15 is 0 Å². The second-order valence-corrected chi connectivity index (χ2v) is 1.79. The molecule has 0 saturated heterocycles. The smallest absolute Gasteiger partial charge is 0.317 e. The third kappa shape index (κ3) is 77.1. The molecule has 10 heteroatoms. The zero-order valence-electron chi connectivity index (χ0n) is 8.33. The van der Waals surface area contributed by atoms with E-state index in [1.54, 1.807) is 0 Å². The van der Waals surface area contributed by atoms with Crippen LogP contribution in [0, 0.1) is 0 Å². The van der Waals surface area contributed by atoms with Gasteiger partial charge in [-0.25, -0.2) is 0 Å². The molecular weight excluding hydrogens is 262 g/mol. The molecule has 0 aromatic carbocycles. The van der Waals surface area contributed by atoms with Gasteiger partial charge in [-0.1, -0.05) is 0 Å². The van der Waals surface area contributed by atoms with Crippen molar-refractivity contribution in [1.82, 2.24) is 0 Å². The van der Waals surface area contributed by atoms with Crippen molar-refractivity contribution in [2.45, 2.75) is 0 Å². The molecule has 0 aliphatic carbocycles. The van der Waals surface area contributed by atoms with Gasteiger partial charge >= 0.3 is 17.9 Å². The maximum Gasteiger partial charge on any atom is 0.317 e. The Balaban J connectivity index is -0.0000000655. The molecule has 0 spiro atoms. The fraction of sp³-hybridized carbons (Fsp3) is 0.500. The van der Waals surface area contributed by atoms with Crippen molar-refractivity contribution in [3.05, 3.63) is 0 Å². The average molecular weight is 277 g/mol. The number of aliphatic carboxylic acids is 3. The van der Waals surface area contributed by atoms with Gasteiger partial charge in [0.15, 0.2) is 0 Å². The first-order valence-electron chi connectivity index (χ1n) is 3.57. The number of carboxylic acid groups (broad SMARTS) is 3. The van der Waals surface area contributed by atoms with E-state index in [9.17, 15) is 14.4 Å². The van der Waals surface area contributed by atoms with E-state index in [2.05, 4.69) is 17.2 Å². The van der Waals surface area contributed by atoms with E-state index in [0.717, 1.165) is 0 Å². The average Bonchev–Trinajstić information content (AvgIpc) is 2.19. The van der Waals surface area contributed by atoms with E-state index in [1.807, 2.05) is 0 Å². The fourth-order valence-electron chi connectivity index (χ4n) is 0. The second-order valence-electron chi connectivity index (χ2n) is 1.79. The molecule has 0 bridgehead atoms. The first-order valence-corrected chi connectivity index (χ1v) is 3.57. The minimum absolute atomic E-state index is 0. The van der Waals surface area contributed by atoms with Crippen molar-refractivity contribution in [3.63, 3.8) is 0 Å².